The second-order valence-electron chi connectivity index (χ2n) is 11.6. The number of thiophene rings is 1. The molecule has 2 unspecified atom stereocenters. The molecule has 0 bridgehead atoms. The molecule has 3 amide bonds. The monoisotopic (exact) mass is 660 g/mol. The molecule has 4 atom stereocenters. The lowest BCUT2D eigenvalue weighted by atomic mass is 9.85. The van der Waals surface area contributed by atoms with Crippen LogP contribution in [0.4, 0.5) is 0 Å². The van der Waals surface area contributed by atoms with Crippen LogP contribution in [0.3, 0.4) is 0 Å². The molecular formula is C30H37BrN4O4S2. The van der Waals surface area contributed by atoms with Crippen molar-refractivity contribution in [2.45, 2.75) is 78.1 Å². The molecule has 2 aromatic heterocycles. The Labute approximate surface area is 257 Å². The van der Waals surface area contributed by atoms with Crippen LogP contribution in [0.1, 0.15) is 62.7 Å². The highest BCUT2D eigenvalue weighted by atomic mass is 79.9. The lowest BCUT2D eigenvalue weighted by molar-refractivity contribution is -0.144. The summed E-state index contributed by atoms with van der Waals surface area (Å²) >= 11 is 6.60. The number of thiazole rings is 1. The molecule has 0 spiro atoms. The summed E-state index contributed by atoms with van der Waals surface area (Å²) in [6.07, 6.45) is 0.147. The van der Waals surface area contributed by atoms with Crippen molar-refractivity contribution < 1.29 is 19.5 Å². The number of aryl methyl sites for hydroxylation is 2. The zero-order valence-electron chi connectivity index (χ0n) is 23.9. The van der Waals surface area contributed by atoms with Crippen LogP contribution in [-0.2, 0) is 20.8 Å². The van der Waals surface area contributed by atoms with Crippen molar-refractivity contribution in [1.29, 1.82) is 0 Å². The van der Waals surface area contributed by atoms with Gasteiger partial charge in [0.2, 0.25) is 17.7 Å². The van der Waals surface area contributed by atoms with E-state index in [9.17, 15) is 19.5 Å². The minimum absolute atomic E-state index is 0.0415. The normalized spacial score (nSPS) is 18.7. The molecule has 1 aromatic carbocycles. The molecule has 3 N–H and O–H groups in total. The van der Waals surface area contributed by atoms with Gasteiger partial charge in [0.25, 0.3) is 0 Å². The van der Waals surface area contributed by atoms with Crippen LogP contribution in [-0.4, -0.2) is 57.4 Å². The van der Waals surface area contributed by atoms with Crippen LogP contribution >= 0.6 is 38.6 Å². The van der Waals surface area contributed by atoms with Gasteiger partial charge in [-0.3, -0.25) is 14.4 Å². The minimum atomic E-state index is -0.842. The third kappa shape index (κ3) is 7.82. The van der Waals surface area contributed by atoms with Gasteiger partial charge < -0.3 is 20.6 Å². The number of aliphatic hydroxyl groups is 1. The Hall–Kier alpha value is -2.60. The predicted octanol–water partition coefficient (Wildman–Crippen LogP) is 5.25. The molecule has 0 saturated carbocycles. The molecular weight excluding hydrogens is 624 g/mol. The van der Waals surface area contributed by atoms with E-state index in [1.807, 2.05) is 76.5 Å². The summed E-state index contributed by atoms with van der Waals surface area (Å²) < 4.78 is 1.00. The molecule has 220 valence electrons. The third-order valence-electron chi connectivity index (χ3n) is 7.29. The molecule has 0 aliphatic carbocycles. The van der Waals surface area contributed by atoms with E-state index in [-0.39, 0.29) is 43.1 Å². The lowest BCUT2D eigenvalue weighted by Gasteiger charge is -2.35. The molecule has 1 fully saturated rings. The zero-order valence-corrected chi connectivity index (χ0v) is 27.2. The van der Waals surface area contributed by atoms with E-state index in [1.165, 1.54) is 4.90 Å². The highest BCUT2D eigenvalue weighted by Crippen LogP contribution is 2.30. The van der Waals surface area contributed by atoms with Gasteiger partial charge in [-0.1, -0.05) is 45.0 Å². The number of aromatic nitrogens is 1. The number of hydrogen-bond acceptors (Lipinski definition) is 7. The lowest BCUT2D eigenvalue weighted by Crippen LogP contribution is -2.57. The summed E-state index contributed by atoms with van der Waals surface area (Å²) in [4.78, 5) is 48.0. The highest BCUT2D eigenvalue weighted by Gasteiger charge is 2.44. The molecule has 8 nitrogen and oxygen atoms in total. The van der Waals surface area contributed by atoms with Crippen LogP contribution in [0.15, 0.2) is 45.7 Å². The molecule has 1 saturated heterocycles. The maximum atomic E-state index is 13.8. The molecule has 3 aromatic rings. The molecule has 1 aliphatic rings. The predicted molar refractivity (Wildman–Crippen MR) is 167 cm³/mol. The summed E-state index contributed by atoms with van der Waals surface area (Å²) in [5, 5.41) is 16.4. The Balaban J connectivity index is 1.42. The quantitative estimate of drug-likeness (QED) is 0.291. The van der Waals surface area contributed by atoms with Crippen LogP contribution in [0.2, 0.25) is 0 Å². The van der Waals surface area contributed by atoms with Crippen LogP contribution in [0.5, 0.6) is 0 Å². The van der Waals surface area contributed by atoms with E-state index >= 15 is 0 Å². The van der Waals surface area contributed by atoms with E-state index in [4.69, 9.17) is 0 Å². The number of rotatable bonds is 9. The van der Waals surface area contributed by atoms with Crippen molar-refractivity contribution in [3.63, 3.8) is 0 Å². The number of β-amino-alcohol motifs (C(OH)–C–C–N with tert-alkyl or cyclic N) is 1. The summed E-state index contributed by atoms with van der Waals surface area (Å²) in [5.41, 5.74) is 4.21. The second-order valence-corrected chi connectivity index (χ2v) is 15.0. The molecule has 41 heavy (non-hydrogen) atoms. The van der Waals surface area contributed by atoms with E-state index in [0.29, 0.717) is 6.42 Å². The summed E-state index contributed by atoms with van der Waals surface area (Å²) in [5.74, 6) is -0.917. The fourth-order valence-electron chi connectivity index (χ4n) is 4.97. The fraction of sp³-hybridized carbons (Fsp3) is 0.467. The number of nitrogens with one attached hydrogen (secondary N) is 2. The van der Waals surface area contributed by atoms with Gasteiger partial charge in [-0.2, -0.15) is 0 Å². The number of aliphatic hydroxyl groups excluding tert-OH is 1. The number of nitrogens with zero attached hydrogens (tertiary/aromatic N) is 2. The molecule has 1 aliphatic heterocycles. The van der Waals surface area contributed by atoms with Crippen molar-refractivity contribution in [2.75, 3.05) is 6.54 Å². The van der Waals surface area contributed by atoms with Gasteiger partial charge in [0, 0.05) is 24.3 Å². The Morgan fingerprint density at radius 1 is 1.15 bits per heavy atom. The van der Waals surface area contributed by atoms with Crippen molar-refractivity contribution >= 4 is 56.3 Å². The standard InChI is InChI=1S/C30H37BrN4O4S2/c1-17(19-6-8-20(9-7-19)26-18(2)32-16-40-26)33-28(38)23-14-21(36)15-35(23)29(39)27(30(3,4)5)34-25(37)13-11-22-10-12-24(31)41-22/h6-10,12,16-17,21,23,27,36H,11,13-15H2,1-5H3,(H,33,38)(H,34,37)/t17?,21-,23+,27?/m1/s1. The molecule has 11 heteroatoms. The van der Waals surface area contributed by atoms with Crippen molar-refractivity contribution in [3.8, 4) is 10.4 Å². The van der Waals surface area contributed by atoms with Gasteiger partial charge in [0.1, 0.15) is 12.1 Å². The Morgan fingerprint density at radius 2 is 1.85 bits per heavy atom. The number of carbonyl (C=O) groups excluding carboxylic acids is 3. The van der Waals surface area contributed by atoms with Crippen LogP contribution in [0.25, 0.3) is 10.4 Å². The van der Waals surface area contributed by atoms with E-state index in [2.05, 4.69) is 31.5 Å². The Bertz CT molecular complexity index is 1380. The van der Waals surface area contributed by atoms with Gasteiger partial charge in [-0.15, -0.1) is 22.7 Å². The number of hydrogen-bond donors (Lipinski definition) is 3. The molecule has 4 rings (SSSR count). The second kappa shape index (κ2) is 13.1. The summed E-state index contributed by atoms with van der Waals surface area (Å²) in [6.45, 7) is 9.56. The fourth-order valence-corrected chi connectivity index (χ4v) is 7.27. The Kier molecular flexibility index (Phi) is 10.0. The smallest absolute Gasteiger partial charge is 0.246 e. The summed E-state index contributed by atoms with van der Waals surface area (Å²) in [6, 6.07) is 9.93. The van der Waals surface area contributed by atoms with Gasteiger partial charge in [0.15, 0.2) is 0 Å². The number of amides is 3. The van der Waals surface area contributed by atoms with Crippen LogP contribution in [0, 0.1) is 12.3 Å². The van der Waals surface area contributed by atoms with Crippen LogP contribution < -0.4 is 10.6 Å². The number of halogens is 1. The molecule has 0 radical (unpaired) electrons. The number of benzene rings is 1. The maximum absolute atomic E-state index is 13.8. The average Bonchev–Trinajstić information content (AvgIpc) is 3.64. The van der Waals surface area contributed by atoms with Crippen molar-refractivity contribution in [3.05, 3.63) is 61.8 Å². The van der Waals surface area contributed by atoms with Gasteiger partial charge in [-0.05, 0) is 64.9 Å². The molecule has 3 heterocycles. The van der Waals surface area contributed by atoms with E-state index < -0.39 is 23.6 Å². The topological polar surface area (TPSA) is 112 Å². The number of likely N-dealkylation sites (tertiary alicyclic amines) is 1. The first-order valence-corrected chi connectivity index (χ1v) is 16.1. The first-order valence-electron chi connectivity index (χ1n) is 13.7. The SMILES string of the molecule is Cc1ncsc1-c1ccc(C(C)NC(=O)[C@@H]2C[C@@H](O)CN2C(=O)C(NC(=O)CCc2ccc(Br)s2)C(C)(C)C)cc1. The van der Waals surface area contributed by atoms with Gasteiger partial charge >= 0.3 is 0 Å². The minimum Gasteiger partial charge on any atom is -0.391 e. The van der Waals surface area contributed by atoms with E-state index in [0.717, 1.165) is 30.4 Å². The largest absolute Gasteiger partial charge is 0.391 e. The van der Waals surface area contributed by atoms with E-state index in [1.54, 1.807) is 22.7 Å². The van der Waals surface area contributed by atoms with Crippen molar-refractivity contribution in [2.24, 2.45) is 5.41 Å². The Morgan fingerprint density at radius 3 is 2.44 bits per heavy atom. The number of carbonyl (C=O) groups is 3. The maximum Gasteiger partial charge on any atom is 0.246 e. The third-order valence-corrected chi connectivity index (χ3v) is 9.95. The average molecular weight is 662 g/mol. The van der Waals surface area contributed by atoms with Gasteiger partial charge in [-0.25, -0.2) is 4.98 Å². The van der Waals surface area contributed by atoms with Gasteiger partial charge in [0.05, 0.1) is 32.0 Å². The first kappa shape index (κ1) is 31.3. The summed E-state index contributed by atoms with van der Waals surface area (Å²) in [7, 11) is 0. The van der Waals surface area contributed by atoms with Crippen molar-refractivity contribution in [1.82, 2.24) is 20.5 Å². The highest BCUT2D eigenvalue weighted by molar-refractivity contribution is 9.11. The first-order chi connectivity index (χ1) is 19.3. The zero-order chi connectivity index (χ0) is 29.9.